The number of fused-ring (bicyclic) bond motifs is 1. The summed E-state index contributed by atoms with van der Waals surface area (Å²) in [4.78, 5) is 20.3. The second-order valence-electron chi connectivity index (χ2n) is 11.8. The number of benzene rings is 1. The number of alkyl halides is 2. The summed E-state index contributed by atoms with van der Waals surface area (Å²) in [6.07, 6.45) is 10.0. The quantitative estimate of drug-likeness (QED) is 0.342. The number of pyridine rings is 1. The number of aromatic nitrogens is 2. The van der Waals surface area contributed by atoms with Crippen molar-refractivity contribution in [1.29, 1.82) is 0 Å². The van der Waals surface area contributed by atoms with Gasteiger partial charge in [0.2, 0.25) is 15.9 Å². The van der Waals surface area contributed by atoms with Crippen molar-refractivity contribution >= 4 is 38.6 Å². The fraction of sp³-hybridized carbons (Fsp3) is 0.517. The third-order valence-electron chi connectivity index (χ3n) is 8.93. The second kappa shape index (κ2) is 10.5. The molecule has 2 aromatic heterocycles. The zero-order valence-corrected chi connectivity index (χ0v) is 23.6. The van der Waals surface area contributed by atoms with Gasteiger partial charge in [0.15, 0.2) is 0 Å². The number of hydrogen-bond donors (Lipinski definition) is 3. The molecular formula is C29H35F2N5O4S. The van der Waals surface area contributed by atoms with Gasteiger partial charge in [-0.15, -0.1) is 0 Å². The molecule has 3 N–H and O–H groups in total. The zero-order chi connectivity index (χ0) is 28.8. The maximum Gasteiger partial charge on any atom is 0.257 e. The van der Waals surface area contributed by atoms with E-state index < -0.39 is 28.3 Å². The molecule has 12 heteroatoms. The number of sulfonamides is 1. The van der Waals surface area contributed by atoms with Crippen molar-refractivity contribution < 1.29 is 27.1 Å². The Balaban J connectivity index is 1.29. The van der Waals surface area contributed by atoms with Crippen molar-refractivity contribution in [3.8, 4) is 0 Å². The molecule has 1 saturated heterocycles. The molecule has 0 atom stereocenters. The summed E-state index contributed by atoms with van der Waals surface area (Å²) in [7, 11) is -3.74. The van der Waals surface area contributed by atoms with E-state index in [1.807, 2.05) is 6.07 Å². The van der Waals surface area contributed by atoms with Crippen molar-refractivity contribution in [1.82, 2.24) is 9.38 Å². The number of hydrogen-bond acceptors (Lipinski definition) is 6. The van der Waals surface area contributed by atoms with Gasteiger partial charge in [0.25, 0.3) is 5.91 Å². The number of rotatable bonds is 8. The molecule has 2 aliphatic carbocycles. The van der Waals surface area contributed by atoms with Crippen LogP contribution < -0.4 is 14.9 Å². The smallest absolute Gasteiger partial charge is 0.257 e. The van der Waals surface area contributed by atoms with Crippen LogP contribution in [0.2, 0.25) is 0 Å². The normalized spacial score (nSPS) is 20.3. The standard InChI is InChI=1S/C29H35F2N5O4S/c30-29(31)5-3-20(4-6-29)24-17-22(19-36-14-11-32-26(24)36)33-27(38)23-2-1-21(34-41(39,40)16-15-37)18-25(23)35-12-9-28(7-8-28)10-13-35/h1-2,11,14,17-20,34,37H,3-10,12-13,15-16H2,(H,33,38). The van der Waals surface area contributed by atoms with Crippen molar-refractivity contribution in [2.24, 2.45) is 5.41 Å². The highest BCUT2D eigenvalue weighted by Gasteiger charge is 2.44. The molecule has 3 aromatic rings. The van der Waals surface area contributed by atoms with Gasteiger partial charge in [0.05, 0.1) is 35.0 Å². The molecule has 41 heavy (non-hydrogen) atoms. The van der Waals surface area contributed by atoms with Crippen molar-refractivity contribution in [3.05, 3.63) is 54.0 Å². The first-order valence-electron chi connectivity index (χ1n) is 14.2. The van der Waals surface area contributed by atoms with E-state index in [0.29, 0.717) is 46.5 Å². The summed E-state index contributed by atoms with van der Waals surface area (Å²) in [6, 6.07) is 6.68. The summed E-state index contributed by atoms with van der Waals surface area (Å²) in [6.45, 7) is 1.04. The van der Waals surface area contributed by atoms with E-state index in [0.717, 1.165) is 31.5 Å². The van der Waals surface area contributed by atoms with Crippen LogP contribution in [0.1, 0.15) is 73.2 Å². The van der Waals surface area contributed by atoms with Crippen molar-refractivity contribution in [2.75, 3.05) is 40.4 Å². The number of carbonyl (C=O) groups is 1. The highest BCUT2D eigenvalue weighted by atomic mass is 32.2. The first kappa shape index (κ1) is 27.9. The summed E-state index contributed by atoms with van der Waals surface area (Å²) < 4.78 is 56.6. The number of piperidine rings is 1. The van der Waals surface area contributed by atoms with Gasteiger partial charge < -0.3 is 19.7 Å². The molecule has 0 unspecified atom stereocenters. The molecule has 220 valence electrons. The summed E-state index contributed by atoms with van der Waals surface area (Å²) in [5.41, 5.74) is 3.85. The van der Waals surface area contributed by atoms with E-state index in [4.69, 9.17) is 5.11 Å². The van der Waals surface area contributed by atoms with Crippen LogP contribution in [0.25, 0.3) is 5.65 Å². The number of aliphatic hydroxyl groups is 1. The minimum absolute atomic E-state index is 0.0822. The maximum atomic E-state index is 13.9. The molecule has 9 nitrogen and oxygen atoms in total. The van der Waals surface area contributed by atoms with E-state index >= 15 is 0 Å². The molecule has 1 aromatic carbocycles. The molecule has 1 amide bonds. The molecule has 6 rings (SSSR count). The molecule has 3 aliphatic rings. The predicted molar refractivity (Wildman–Crippen MR) is 153 cm³/mol. The number of amides is 1. The van der Waals surface area contributed by atoms with Gasteiger partial charge in [0, 0.05) is 50.1 Å². The highest BCUT2D eigenvalue weighted by Crippen LogP contribution is 2.54. The van der Waals surface area contributed by atoms with Gasteiger partial charge in [0.1, 0.15) is 5.65 Å². The average molecular weight is 588 g/mol. The van der Waals surface area contributed by atoms with Gasteiger partial charge in [-0.05, 0) is 74.1 Å². The van der Waals surface area contributed by atoms with Crippen molar-refractivity contribution in [3.63, 3.8) is 0 Å². The van der Waals surface area contributed by atoms with E-state index in [9.17, 15) is 22.0 Å². The SMILES string of the molecule is O=C(Nc1cc(C2CCC(F)(F)CC2)c2nccn2c1)c1ccc(NS(=O)(=O)CCO)cc1N1CCC2(CC1)CC2. The Kier molecular flexibility index (Phi) is 7.17. The molecule has 3 fully saturated rings. The van der Waals surface area contributed by atoms with E-state index in [1.165, 1.54) is 12.8 Å². The van der Waals surface area contributed by atoms with E-state index in [1.54, 1.807) is 41.2 Å². The lowest BCUT2D eigenvalue weighted by molar-refractivity contribution is -0.0381. The minimum Gasteiger partial charge on any atom is -0.395 e. The van der Waals surface area contributed by atoms with E-state index in [2.05, 4.69) is 19.9 Å². The Morgan fingerprint density at radius 1 is 1.05 bits per heavy atom. The molecule has 1 aliphatic heterocycles. The molecule has 1 spiro atoms. The lowest BCUT2D eigenvalue weighted by Gasteiger charge is -2.35. The Hall–Kier alpha value is -3.25. The zero-order valence-electron chi connectivity index (χ0n) is 22.8. The minimum atomic E-state index is -3.74. The first-order chi connectivity index (χ1) is 19.6. The molecule has 3 heterocycles. The molecule has 0 bridgehead atoms. The van der Waals surface area contributed by atoms with Gasteiger partial charge in [-0.2, -0.15) is 0 Å². The van der Waals surface area contributed by atoms with Crippen LogP contribution >= 0.6 is 0 Å². The van der Waals surface area contributed by atoms with Gasteiger partial charge in [-0.25, -0.2) is 22.2 Å². The lowest BCUT2D eigenvalue weighted by Crippen LogP contribution is -2.35. The third kappa shape index (κ3) is 6.04. The highest BCUT2D eigenvalue weighted by molar-refractivity contribution is 7.92. The van der Waals surface area contributed by atoms with Crippen LogP contribution in [0.15, 0.2) is 42.9 Å². The largest absolute Gasteiger partial charge is 0.395 e. The second-order valence-corrected chi connectivity index (χ2v) is 13.6. The van der Waals surface area contributed by atoms with Crippen LogP contribution in [0, 0.1) is 5.41 Å². The third-order valence-corrected chi connectivity index (χ3v) is 10.2. The van der Waals surface area contributed by atoms with Crippen LogP contribution in [0.3, 0.4) is 0 Å². The Morgan fingerprint density at radius 3 is 2.46 bits per heavy atom. The van der Waals surface area contributed by atoms with Crippen molar-refractivity contribution in [2.45, 2.75) is 63.2 Å². The number of nitrogens with zero attached hydrogens (tertiary/aromatic N) is 3. The van der Waals surface area contributed by atoms with Crippen LogP contribution in [0.4, 0.5) is 25.8 Å². The molecule has 2 saturated carbocycles. The predicted octanol–water partition coefficient (Wildman–Crippen LogP) is 4.99. The first-order valence-corrected chi connectivity index (χ1v) is 15.9. The van der Waals surface area contributed by atoms with Gasteiger partial charge in [-0.3, -0.25) is 9.52 Å². The molecule has 0 radical (unpaired) electrons. The summed E-state index contributed by atoms with van der Waals surface area (Å²) >= 11 is 0. The topological polar surface area (TPSA) is 116 Å². The number of aliphatic hydroxyl groups excluding tert-OH is 1. The lowest BCUT2D eigenvalue weighted by atomic mass is 9.82. The summed E-state index contributed by atoms with van der Waals surface area (Å²) in [5, 5.41) is 12.1. The fourth-order valence-electron chi connectivity index (χ4n) is 6.28. The maximum absolute atomic E-state index is 13.9. The van der Waals surface area contributed by atoms with Crippen LogP contribution in [-0.2, 0) is 10.0 Å². The Labute approximate surface area is 238 Å². The van der Waals surface area contributed by atoms with Crippen LogP contribution in [0.5, 0.6) is 0 Å². The number of nitrogens with one attached hydrogen (secondary N) is 2. The Morgan fingerprint density at radius 2 is 1.78 bits per heavy atom. The number of halogens is 2. The monoisotopic (exact) mass is 587 g/mol. The average Bonchev–Trinajstić information content (AvgIpc) is 3.50. The fourth-order valence-corrected chi connectivity index (χ4v) is 7.11. The summed E-state index contributed by atoms with van der Waals surface area (Å²) in [5.74, 6) is -3.50. The van der Waals surface area contributed by atoms with E-state index in [-0.39, 0.29) is 24.7 Å². The number of anilines is 3. The van der Waals surface area contributed by atoms with Gasteiger partial charge in [-0.1, -0.05) is 0 Å². The Bertz CT molecular complexity index is 1550. The molecular weight excluding hydrogens is 552 g/mol. The number of imidazole rings is 1. The van der Waals surface area contributed by atoms with Crippen LogP contribution in [-0.4, -0.2) is 60.2 Å². The van der Waals surface area contributed by atoms with Gasteiger partial charge >= 0.3 is 0 Å². The number of carbonyl (C=O) groups excluding carboxylic acids is 1.